The predicted molar refractivity (Wildman–Crippen MR) is 90.5 cm³/mol. The molecule has 3 aromatic rings. The van der Waals surface area contributed by atoms with Gasteiger partial charge in [0, 0.05) is 26.0 Å². The van der Waals surface area contributed by atoms with Gasteiger partial charge >= 0.3 is 0 Å². The largest absolute Gasteiger partial charge is 0.303 e. The summed E-state index contributed by atoms with van der Waals surface area (Å²) in [4.78, 5) is 3.79. The maximum absolute atomic E-state index is 14.2. The number of hydrogen-bond donors (Lipinski definition) is 1. The number of imidazole rings is 1. The molecule has 3 rings (SSSR count). The lowest BCUT2D eigenvalue weighted by Crippen LogP contribution is -2.24. The Bertz CT molecular complexity index is 1010. The average Bonchev–Trinajstić information content (AvgIpc) is 3.15. The van der Waals surface area contributed by atoms with Crippen molar-refractivity contribution in [2.24, 2.45) is 7.05 Å². The van der Waals surface area contributed by atoms with Gasteiger partial charge in [-0.15, -0.1) is 0 Å². The fourth-order valence-corrected chi connectivity index (χ4v) is 4.20. The number of nitrogens with zero attached hydrogens (tertiary/aromatic N) is 4. The summed E-state index contributed by atoms with van der Waals surface area (Å²) in [6, 6.07) is 4.47. The van der Waals surface area contributed by atoms with Gasteiger partial charge < -0.3 is 4.57 Å². The van der Waals surface area contributed by atoms with Gasteiger partial charge in [0.25, 0.3) is 0 Å². The van der Waals surface area contributed by atoms with Crippen molar-refractivity contribution in [3.8, 4) is 5.69 Å². The highest BCUT2D eigenvalue weighted by atomic mass is 35.5. The number of sulfonamides is 1. The molecular formula is C15H15ClFN5O2S. The lowest BCUT2D eigenvalue weighted by Gasteiger charge is -2.09. The normalized spacial score (nSPS) is 11.8. The van der Waals surface area contributed by atoms with Crippen LogP contribution < -0.4 is 4.72 Å². The molecule has 0 saturated carbocycles. The molecule has 2 heterocycles. The second-order valence-corrected chi connectivity index (χ2v) is 7.47. The van der Waals surface area contributed by atoms with Crippen molar-refractivity contribution in [3.63, 3.8) is 0 Å². The predicted octanol–water partition coefficient (Wildman–Crippen LogP) is 2.19. The number of aryl methyl sites for hydroxylation is 2. The van der Waals surface area contributed by atoms with Gasteiger partial charge in [-0.2, -0.15) is 5.10 Å². The first-order chi connectivity index (χ1) is 11.8. The lowest BCUT2D eigenvalue weighted by atomic mass is 10.2. The van der Waals surface area contributed by atoms with Crippen LogP contribution in [-0.2, 0) is 23.6 Å². The highest BCUT2D eigenvalue weighted by molar-refractivity contribution is 7.89. The van der Waals surface area contributed by atoms with Crippen LogP contribution in [0, 0.1) is 12.7 Å². The van der Waals surface area contributed by atoms with E-state index in [1.54, 1.807) is 38.5 Å². The van der Waals surface area contributed by atoms with Crippen LogP contribution in [0.5, 0.6) is 0 Å². The van der Waals surface area contributed by atoms with Crippen LogP contribution >= 0.6 is 11.6 Å². The molecule has 0 bridgehead atoms. The summed E-state index contributed by atoms with van der Waals surface area (Å²) in [6.07, 6.45) is 4.64. The lowest BCUT2D eigenvalue weighted by molar-refractivity contribution is 0.579. The van der Waals surface area contributed by atoms with E-state index in [9.17, 15) is 12.8 Å². The molecule has 0 radical (unpaired) electrons. The Morgan fingerprint density at radius 2 is 2.12 bits per heavy atom. The maximum Gasteiger partial charge on any atom is 0.245 e. The highest BCUT2D eigenvalue weighted by Gasteiger charge is 2.24. The molecular weight excluding hydrogens is 369 g/mol. The number of hydrogen-bond acceptors (Lipinski definition) is 4. The Morgan fingerprint density at radius 3 is 2.68 bits per heavy atom. The van der Waals surface area contributed by atoms with E-state index in [4.69, 9.17) is 11.6 Å². The van der Waals surface area contributed by atoms with E-state index in [2.05, 4.69) is 14.8 Å². The first-order valence-electron chi connectivity index (χ1n) is 7.25. The van der Waals surface area contributed by atoms with Crippen molar-refractivity contribution in [2.75, 3.05) is 0 Å². The Kier molecular flexibility index (Phi) is 4.63. The van der Waals surface area contributed by atoms with Crippen molar-refractivity contribution in [1.29, 1.82) is 0 Å². The molecule has 25 heavy (non-hydrogen) atoms. The van der Waals surface area contributed by atoms with E-state index in [1.807, 2.05) is 0 Å². The van der Waals surface area contributed by atoms with Crippen LogP contribution in [0.2, 0.25) is 5.15 Å². The molecule has 1 N–H and O–H groups in total. The van der Waals surface area contributed by atoms with E-state index >= 15 is 0 Å². The molecule has 0 fully saturated rings. The Labute approximate surface area is 149 Å². The molecule has 0 unspecified atom stereocenters. The Balaban J connectivity index is 1.80. The van der Waals surface area contributed by atoms with Gasteiger partial charge in [-0.1, -0.05) is 17.7 Å². The third-order valence-corrected chi connectivity index (χ3v) is 5.73. The van der Waals surface area contributed by atoms with Gasteiger partial charge in [0.2, 0.25) is 10.0 Å². The van der Waals surface area contributed by atoms with Gasteiger partial charge in [0.15, 0.2) is 0 Å². The number of aromatic nitrogens is 4. The van der Waals surface area contributed by atoms with Gasteiger partial charge in [-0.3, -0.25) is 4.68 Å². The van der Waals surface area contributed by atoms with Crippen LogP contribution in [0.3, 0.4) is 0 Å². The van der Waals surface area contributed by atoms with Crippen molar-refractivity contribution in [1.82, 2.24) is 24.1 Å². The van der Waals surface area contributed by atoms with Gasteiger partial charge in [0.1, 0.15) is 15.9 Å². The maximum atomic E-state index is 14.2. The molecule has 10 heteroatoms. The summed E-state index contributed by atoms with van der Waals surface area (Å²) in [5, 5.41) is 4.00. The first kappa shape index (κ1) is 17.6. The van der Waals surface area contributed by atoms with Crippen LogP contribution in [0.4, 0.5) is 4.39 Å². The topological polar surface area (TPSA) is 81.8 Å². The Hall–Kier alpha value is -2.23. The quantitative estimate of drug-likeness (QED) is 0.732. The summed E-state index contributed by atoms with van der Waals surface area (Å²) in [5.74, 6) is -0.481. The van der Waals surface area contributed by atoms with Gasteiger partial charge in [0.05, 0.1) is 17.7 Å². The van der Waals surface area contributed by atoms with E-state index in [0.29, 0.717) is 16.9 Å². The minimum absolute atomic E-state index is 0.0200. The molecule has 0 saturated heterocycles. The Morgan fingerprint density at radius 1 is 1.36 bits per heavy atom. The standard InChI is InChI=1S/C15H15ClFN5O2S/c1-10-14(15(16)21(2)20-10)25(23,24)19-8-11-3-4-13(12(17)7-11)22-6-5-18-9-22/h3-7,9,19H,8H2,1-2H3. The fourth-order valence-electron chi connectivity index (χ4n) is 2.44. The zero-order valence-corrected chi connectivity index (χ0v) is 15.0. The molecule has 2 aromatic heterocycles. The molecule has 1 aromatic carbocycles. The van der Waals surface area contributed by atoms with E-state index in [0.717, 1.165) is 0 Å². The van der Waals surface area contributed by atoms with Crippen molar-refractivity contribution < 1.29 is 12.8 Å². The van der Waals surface area contributed by atoms with Crippen LogP contribution in [-0.4, -0.2) is 27.7 Å². The SMILES string of the molecule is Cc1nn(C)c(Cl)c1S(=O)(=O)NCc1ccc(-n2ccnc2)c(F)c1. The zero-order valence-electron chi connectivity index (χ0n) is 13.4. The van der Waals surface area contributed by atoms with Gasteiger partial charge in [-0.25, -0.2) is 22.5 Å². The molecule has 0 atom stereocenters. The molecule has 0 amide bonds. The number of halogens is 2. The van der Waals surface area contributed by atoms with Crippen LogP contribution in [0.15, 0.2) is 41.8 Å². The van der Waals surface area contributed by atoms with Gasteiger partial charge in [-0.05, 0) is 24.6 Å². The summed E-state index contributed by atoms with van der Waals surface area (Å²) in [6.45, 7) is 1.48. The van der Waals surface area contributed by atoms with Crippen LogP contribution in [0.25, 0.3) is 5.69 Å². The minimum atomic E-state index is -3.87. The van der Waals surface area contributed by atoms with Crippen molar-refractivity contribution >= 4 is 21.6 Å². The van der Waals surface area contributed by atoms with E-state index in [-0.39, 0.29) is 16.6 Å². The van der Waals surface area contributed by atoms with Crippen molar-refractivity contribution in [3.05, 3.63) is 59.1 Å². The first-order valence-corrected chi connectivity index (χ1v) is 9.11. The summed E-state index contributed by atoms with van der Waals surface area (Å²) in [7, 11) is -2.31. The second-order valence-electron chi connectivity index (χ2n) is 5.41. The molecule has 0 aliphatic heterocycles. The summed E-state index contributed by atoms with van der Waals surface area (Å²) in [5.41, 5.74) is 1.10. The van der Waals surface area contributed by atoms with Crippen molar-refractivity contribution in [2.45, 2.75) is 18.4 Å². The third-order valence-electron chi connectivity index (χ3n) is 3.63. The smallest absolute Gasteiger partial charge is 0.245 e. The third kappa shape index (κ3) is 3.44. The number of nitrogens with one attached hydrogen (secondary N) is 1. The minimum Gasteiger partial charge on any atom is -0.303 e. The zero-order chi connectivity index (χ0) is 18.2. The van der Waals surface area contributed by atoms with Crippen LogP contribution in [0.1, 0.15) is 11.3 Å². The molecule has 0 aliphatic rings. The monoisotopic (exact) mass is 383 g/mol. The molecule has 132 valence electrons. The number of rotatable bonds is 5. The molecule has 0 aliphatic carbocycles. The molecule has 0 spiro atoms. The second kappa shape index (κ2) is 6.58. The van der Waals surface area contributed by atoms with E-state index < -0.39 is 15.8 Å². The fraction of sp³-hybridized carbons (Fsp3) is 0.200. The average molecular weight is 384 g/mol. The summed E-state index contributed by atoms with van der Waals surface area (Å²) >= 11 is 6.00. The van der Waals surface area contributed by atoms with E-state index in [1.165, 1.54) is 21.6 Å². The number of benzene rings is 1. The highest BCUT2D eigenvalue weighted by Crippen LogP contribution is 2.24. The summed E-state index contributed by atoms with van der Waals surface area (Å²) < 4.78 is 44.3. The molecule has 7 nitrogen and oxygen atoms in total.